The summed E-state index contributed by atoms with van der Waals surface area (Å²) in [7, 11) is 0. The third kappa shape index (κ3) is 27.5. The highest BCUT2D eigenvalue weighted by Gasteiger charge is 2.36. The molecular formula is C52H83N19O14. The summed E-state index contributed by atoms with van der Waals surface area (Å²) in [6.07, 6.45) is 0.534. The Morgan fingerprint density at radius 1 is 0.529 bits per heavy atom. The van der Waals surface area contributed by atoms with Crippen molar-refractivity contribution in [3.8, 4) is 0 Å². The molecule has 85 heavy (non-hydrogen) atoms. The lowest BCUT2D eigenvalue weighted by Gasteiger charge is -2.28. The third-order valence-corrected chi connectivity index (χ3v) is 12.5. The number of imidazole rings is 1. The molecular weight excluding hydrogens is 1110 g/mol. The van der Waals surface area contributed by atoms with E-state index in [-0.39, 0.29) is 75.9 Å². The molecule has 2 rings (SSSR count). The molecule has 0 saturated heterocycles. The number of rotatable bonds is 38. The van der Waals surface area contributed by atoms with Crippen molar-refractivity contribution in [3.05, 3.63) is 54.1 Å². The molecule has 10 atom stereocenters. The van der Waals surface area contributed by atoms with Crippen LogP contribution in [0.15, 0.2) is 52.8 Å². The summed E-state index contributed by atoms with van der Waals surface area (Å²) in [5, 5.41) is 41.4. The first kappa shape index (κ1) is 71.7. The quantitative estimate of drug-likeness (QED) is 0.0169. The number of H-pyrrole nitrogens is 1. The zero-order chi connectivity index (χ0) is 64.1. The number of guanidine groups is 2. The van der Waals surface area contributed by atoms with E-state index in [1.54, 1.807) is 58.0 Å². The molecule has 0 saturated carbocycles. The molecule has 2 aromatic rings. The number of carboxylic acids is 2. The summed E-state index contributed by atoms with van der Waals surface area (Å²) >= 11 is 0. The summed E-state index contributed by atoms with van der Waals surface area (Å²) in [6.45, 7) is 9.12. The molecule has 0 aliphatic carbocycles. The zero-order valence-corrected chi connectivity index (χ0v) is 48.3. The highest BCUT2D eigenvalue weighted by molar-refractivity contribution is 5.99. The van der Waals surface area contributed by atoms with Crippen molar-refractivity contribution in [1.82, 2.24) is 57.8 Å². The van der Waals surface area contributed by atoms with Crippen molar-refractivity contribution in [2.75, 3.05) is 13.1 Å². The monoisotopic (exact) mass is 1200 g/mol. The van der Waals surface area contributed by atoms with Gasteiger partial charge in [0.1, 0.15) is 54.4 Å². The Labute approximate surface area is 490 Å². The Bertz CT molecular complexity index is 2660. The van der Waals surface area contributed by atoms with E-state index in [9.17, 15) is 67.7 Å². The first-order valence-corrected chi connectivity index (χ1v) is 27.2. The Morgan fingerprint density at radius 3 is 1.47 bits per heavy atom. The van der Waals surface area contributed by atoms with Crippen LogP contribution in [0, 0.1) is 11.8 Å². The number of aromatic nitrogens is 2. The fraction of sp³-hybridized carbons (Fsp3) is 0.558. The summed E-state index contributed by atoms with van der Waals surface area (Å²) in [4.78, 5) is 174. The molecule has 1 heterocycles. The molecule has 24 N–H and O–H groups in total. The summed E-state index contributed by atoms with van der Waals surface area (Å²) < 4.78 is 0. The average molecular weight is 1200 g/mol. The number of carboxylic acid groups (broad SMARTS) is 2. The molecule has 0 aliphatic heterocycles. The Hall–Kier alpha value is -9.43. The number of hydrogen-bond acceptors (Lipinski definition) is 16. The van der Waals surface area contributed by atoms with Gasteiger partial charge >= 0.3 is 11.9 Å². The van der Waals surface area contributed by atoms with E-state index >= 15 is 0 Å². The van der Waals surface area contributed by atoms with Gasteiger partial charge in [-0.05, 0) is 69.8 Å². The Kier molecular flexibility index (Phi) is 30.5. The topological polar surface area (TPSA) is 563 Å². The van der Waals surface area contributed by atoms with Gasteiger partial charge in [0.2, 0.25) is 59.1 Å². The van der Waals surface area contributed by atoms with Gasteiger partial charge in [-0.1, -0.05) is 58.0 Å². The Balaban J connectivity index is 2.34. The first-order valence-electron chi connectivity index (χ1n) is 27.2. The second-order valence-electron chi connectivity index (χ2n) is 20.8. The number of nitrogens with zero attached hydrogens (tertiary/aromatic N) is 3. The van der Waals surface area contributed by atoms with Crippen LogP contribution in [0.2, 0.25) is 0 Å². The van der Waals surface area contributed by atoms with Crippen LogP contribution in [-0.2, 0) is 70.4 Å². The van der Waals surface area contributed by atoms with Gasteiger partial charge in [-0.25, -0.2) is 9.78 Å². The molecule has 33 heteroatoms. The molecule has 470 valence electrons. The van der Waals surface area contributed by atoms with Crippen molar-refractivity contribution in [1.29, 1.82) is 0 Å². The lowest BCUT2D eigenvalue weighted by molar-refractivity contribution is -0.143. The fourth-order valence-electron chi connectivity index (χ4n) is 8.05. The molecule has 0 fully saturated rings. The molecule has 1 aromatic carbocycles. The predicted octanol–water partition coefficient (Wildman–Crippen LogP) is -5.83. The van der Waals surface area contributed by atoms with Crippen molar-refractivity contribution >= 4 is 82.9 Å². The SMILES string of the molecule is CC(C)C[C@H](NC(=O)[C@H](CC(=O)O)NC(=O)[C@H](CCCN=C(N)N)NC(=O)[C@H](Cc1cnc[nH]1)NC(=O)[C@@H](NC(=O)[C@@H](N)Cc1ccccc1)C(C)C)C(=O)N[C@@H](C)C(=O)N[C@@H](C)C(=O)N[C@@H](CCCN=C(N)N)C(=O)N[C@@H](CC(N)=O)C(=O)O. The number of aromatic amines is 1. The first-order chi connectivity index (χ1) is 39.9. The van der Waals surface area contributed by atoms with E-state index in [1.807, 2.05) is 0 Å². The summed E-state index contributed by atoms with van der Waals surface area (Å²) in [5.74, 6) is -14.0. The average Bonchev–Trinajstić information content (AvgIpc) is 4.15. The molecule has 33 nitrogen and oxygen atoms in total. The van der Waals surface area contributed by atoms with Gasteiger partial charge in [0.15, 0.2) is 11.9 Å². The normalized spacial score (nSPS) is 14.5. The highest BCUT2D eigenvalue weighted by Crippen LogP contribution is 2.12. The lowest BCUT2D eigenvalue weighted by atomic mass is 10.00. The molecule has 0 spiro atoms. The number of nitrogens with two attached hydrogens (primary N) is 6. The van der Waals surface area contributed by atoms with Crippen LogP contribution in [-0.4, -0.2) is 177 Å². The van der Waals surface area contributed by atoms with Crippen LogP contribution in [0.1, 0.15) is 97.7 Å². The maximum Gasteiger partial charge on any atom is 0.326 e. The van der Waals surface area contributed by atoms with Crippen molar-refractivity contribution < 1.29 is 67.7 Å². The molecule has 0 bridgehead atoms. The van der Waals surface area contributed by atoms with Crippen LogP contribution in [0.25, 0.3) is 0 Å². The minimum Gasteiger partial charge on any atom is -0.481 e. The molecule has 0 radical (unpaired) electrons. The smallest absolute Gasteiger partial charge is 0.326 e. The second-order valence-corrected chi connectivity index (χ2v) is 20.8. The van der Waals surface area contributed by atoms with Crippen molar-refractivity contribution in [2.45, 2.75) is 160 Å². The number of nitrogens with one attached hydrogen (secondary N) is 10. The summed E-state index contributed by atoms with van der Waals surface area (Å²) in [6, 6.07) is -5.66. The second kappa shape index (κ2) is 36.2. The van der Waals surface area contributed by atoms with Gasteiger partial charge in [0.25, 0.3) is 0 Å². The number of benzene rings is 1. The van der Waals surface area contributed by atoms with Crippen LogP contribution >= 0.6 is 0 Å². The van der Waals surface area contributed by atoms with Crippen LogP contribution in [0.5, 0.6) is 0 Å². The number of carbonyl (C=O) groups is 12. The van der Waals surface area contributed by atoms with E-state index in [4.69, 9.17) is 34.4 Å². The minimum atomic E-state index is -1.90. The maximum absolute atomic E-state index is 14.3. The van der Waals surface area contributed by atoms with Crippen LogP contribution in [0.3, 0.4) is 0 Å². The van der Waals surface area contributed by atoms with Crippen molar-refractivity contribution in [3.63, 3.8) is 0 Å². The van der Waals surface area contributed by atoms with E-state index in [1.165, 1.54) is 26.4 Å². The standard InChI is InChI=1S/C52H83N19O14/c1-25(2)18-34(46(80)64-27(5)41(75)63-28(6)42(76)65-32(14-10-16-60-51(55)56)45(79)70-37(50(84)85)21-38(54)72)67-48(82)36(22-39(73)74)68-44(78)33(15-11-17-61-52(57)58)66-47(81)35(20-30-23-59-24-62-30)69-49(83)40(26(3)4)71-43(77)31(53)19-29-12-8-7-9-13-29/h7-9,12-13,23-28,31-37,40H,10-11,14-22,53H2,1-6H3,(H2,54,72)(H,59,62)(H,63,75)(H,64,80)(H,65,76)(H,66,81)(H,67,82)(H,68,78)(H,69,83)(H,70,79)(H,71,77)(H,73,74)(H,84,85)(H4,55,56,60)(H4,57,58,61)/t27-,28-,31-,32-,33-,34-,35-,36-,37-,40-/m0/s1. The maximum atomic E-state index is 14.3. The van der Waals surface area contributed by atoms with E-state index in [0.717, 1.165) is 5.56 Å². The fourth-order valence-corrected chi connectivity index (χ4v) is 8.05. The van der Waals surface area contributed by atoms with Crippen molar-refractivity contribution in [2.24, 2.45) is 56.2 Å². The van der Waals surface area contributed by atoms with Gasteiger partial charge in [-0.2, -0.15) is 0 Å². The number of amides is 10. The summed E-state index contributed by atoms with van der Waals surface area (Å²) in [5.41, 5.74) is 34.2. The van der Waals surface area contributed by atoms with E-state index in [2.05, 4.69) is 67.8 Å². The van der Waals surface area contributed by atoms with E-state index in [0.29, 0.717) is 5.69 Å². The largest absolute Gasteiger partial charge is 0.481 e. The number of aliphatic imine (C=N–C) groups is 2. The number of aliphatic carboxylic acids is 2. The van der Waals surface area contributed by atoms with E-state index < -0.39 is 150 Å². The number of primary amides is 1. The molecule has 1 aromatic heterocycles. The predicted molar refractivity (Wildman–Crippen MR) is 307 cm³/mol. The number of carbonyl (C=O) groups excluding carboxylic acids is 10. The Morgan fingerprint density at radius 2 is 0.988 bits per heavy atom. The molecule has 0 unspecified atom stereocenters. The van der Waals surface area contributed by atoms with Crippen LogP contribution < -0.4 is 82.3 Å². The third-order valence-electron chi connectivity index (χ3n) is 12.5. The van der Waals surface area contributed by atoms with Gasteiger partial charge in [-0.15, -0.1) is 0 Å². The van der Waals surface area contributed by atoms with Gasteiger partial charge in [0, 0.05) is 31.4 Å². The number of hydrogen-bond donors (Lipinski definition) is 18. The minimum absolute atomic E-state index is 0.00159. The zero-order valence-electron chi connectivity index (χ0n) is 48.3. The van der Waals surface area contributed by atoms with Gasteiger partial charge in [-0.3, -0.25) is 62.7 Å². The lowest BCUT2D eigenvalue weighted by Crippen LogP contribution is -2.61. The molecule has 10 amide bonds. The van der Waals surface area contributed by atoms with Gasteiger partial charge < -0.3 is 97.5 Å². The van der Waals surface area contributed by atoms with Gasteiger partial charge in [0.05, 0.1) is 25.2 Å². The molecule has 0 aliphatic rings. The van der Waals surface area contributed by atoms with Crippen LogP contribution in [0.4, 0.5) is 0 Å². The highest BCUT2D eigenvalue weighted by atomic mass is 16.4.